The summed E-state index contributed by atoms with van der Waals surface area (Å²) in [6, 6.07) is 11.2. The number of ether oxygens (including phenoxy) is 1. The van der Waals surface area contributed by atoms with Crippen LogP contribution in [0.2, 0.25) is 5.02 Å². The first kappa shape index (κ1) is 18.0. The van der Waals surface area contributed by atoms with E-state index in [0.29, 0.717) is 6.54 Å². The van der Waals surface area contributed by atoms with Gasteiger partial charge in [0.05, 0.1) is 12.7 Å². The van der Waals surface area contributed by atoms with Gasteiger partial charge in [-0.3, -0.25) is 15.6 Å². The number of hydrazine groups is 1. The monoisotopic (exact) mass is 367 g/mol. The highest BCUT2D eigenvalue weighted by molar-refractivity contribution is 7.80. The summed E-state index contributed by atoms with van der Waals surface area (Å²) in [6.45, 7) is 0.456. The number of amides is 1. The molecule has 0 heterocycles. The first-order chi connectivity index (χ1) is 11.5. The molecule has 0 aromatic heterocycles. The molecule has 126 valence electrons. The SMILES string of the molecule is COc1ccc(CNC(=S)NNC(=O)c2cc(Cl)ccc2F)cc1. The van der Waals surface area contributed by atoms with Crippen LogP contribution in [0.3, 0.4) is 0 Å². The summed E-state index contributed by atoms with van der Waals surface area (Å²) in [5, 5.41) is 3.38. The van der Waals surface area contributed by atoms with E-state index in [1.54, 1.807) is 7.11 Å². The molecule has 2 aromatic rings. The Balaban J connectivity index is 1.82. The fourth-order valence-corrected chi connectivity index (χ4v) is 2.12. The van der Waals surface area contributed by atoms with Crippen LogP contribution in [-0.2, 0) is 6.54 Å². The normalized spacial score (nSPS) is 9.96. The second-order valence-corrected chi connectivity index (χ2v) is 5.58. The third-order valence-electron chi connectivity index (χ3n) is 3.07. The molecule has 1 amide bonds. The fourth-order valence-electron chi connectivity index (χ4n) is 1.82. The van der Waals surface area contributed by atoms with Gasteiger partial charge in [0, 0.05) is 11.6 Å². The maximum atomic E-state index is 13.6. The number of halogens is 2. The molecule has 0 saturated carbocycles. The molecule has 0 bridgehead atoms. The first-order valence-corrected chi connectivity index (χ1v) is 7.70. The number of methoxy groups -OCH3 is 1. The van der Waals surface area contributed by atoms with Crippen molar-refractivity contribution in [1.29, 1.82) is 0 Å². The van der Waals surface area contributed by atoms with Crippen LogP contribution in [0.5, 0.6) is 5.75 Å². The van der Waals surface area contributed by atoms with Crippen molar-refractivity contribution in [3.63, 3.8) is 0 Å². The summed E-state index contributed by atoms with van der Waals surface area (Å²) in [4.78, 5) is 11.9. The molecule has 0 spiro atoms. The average molecular weight is 368 g/mol. The maximum absolute atomic E-state index is 13.6. The van der Waals surface area contributed by atoms with E-state index in [2.05, 4.69) is 16.2 Å². The molecule has 0 atom stereocenters. The number of carbonyl (C=O) groups excluding carboxylic acids is 1. The summed E-state index contributed by atoms with van der Waals surface area (Å²) in [6.07, 6.45) is 0. The standard InChI is InChI=1S/C16H15ClFN3O2S/c1-23-12-5-2-10(3-6-12)9-19-16(24)21-20-15(22)13-8-11(17)4-7-14(13)18/h2-8H,9H2,1H3,(H,20,22)(H2,19,21,24). The van der Waals surface area contributed by atoms with Crippen LogP contribution in [0.4, 0.5) is 4.39 Å². The highest BCUT2D eigenvalue weighted by Crippen LogP contribution is 2.14. The lowest BCUT2D eigenvalue weighted by molar-refractivity contribution is 0.0939. The molecule has 0 unspecified atom stereocenters. The van der Waals surface area contributed by atoms with E-state index in [9.17, 15) is 9.18 Å². The average Bonchev–Trinajstić information content (AvgIpc) is 2.60. The zero-order chi connectivity index (χ0) is 17.5. The maximum Gasteiger partial charge on any atom is 0.272 e. The molecule has 2 aromatic carbocycles. The van der Waals surface area contributed by atoms with Crippen LogP contribution in [0.15, 0.2) is 42.5 Å². The smallest absolute Gasteiger partial charge is 0.272 e. The number of benzene rings is 2. The van der Waals surface area contributed by atoms with Crippen LogP contribution in [0.1, 0.15) is 15.9 Å². The topological polar surface area (TPSA) is 62.4 Å². The molecule has 0 fully saturated rings. The molecule has 3 N–H and O–H groups in total. The quantitative estimate of drug-likeness (QED) is 0.573. The molecule has 0 aliphatic heterocycles. The van der Waals surface area contributed by atoms with Crippen molar-refractivity contribution in [2.24, 2.45) is 0 Å². The number of carbonyl (C=O) groups is 1. The van der Waals surface area contributed by atoms with Gasteiger partial charge < -0.3 is 10.1 Å². The number of nitrogens with one attached hydrogen (secondary N) is 3. The second kappa shape index (κ2) is 8.47. The Bertz CT molecular complexity index is 741. The van der Waals surface area contributed by atoms with E-state index in [-0.39, 0.29) is 15.7 Å². The summed E-state index contributed by atoms with van der Waals surface area (Å²) in [5.41, 5.74) is 5.62. The Kier molecular flexibility index (Phi) is 6.34. The van der Waals surface area contributed by atoms with Gasteiger partial charge in [0.1, 0.15) is 11.6 Å². The lowest BCUT2D eigenvalue weighted by atomic mass is 10.2. The fraction of sp³-hybridized carbons (Fsp3) is 0.125. The number of hydrogen-bond donors (Lipinski definition) is 3. The van der Waals surface area contributed by atoms with Gasteiger partial charge >= 0.3 is 0 Å². The lowest BCUT2D eigenvalue weighted by Crippen LogP contribution is -2.46. The van der Waals surface area contributed by atoms with Crippen molar-refractivity contribution < 1.29 is 13.9 Å². The Labute approximate surface area is 149 Å². The van der Waals surface area contributed by atoms with Gasteiger partial charge in [-0.25, -0.2) is 4.39 Å². The van der Waals surface area contributed by atoms with Gasteiger partial charge in [-0.2, -0.15) is 0 Å². The van der Waals surface area contributed by atoms with Crippen LogP contribution in [0, 0.1) is 5.82 Å². The van der Waals surface area contributed by atoms with Crippen molar-refractivity contribution in [1.82, 2.24) is 16.2 Å². The Morgan fingerprint density at radius 3 is 2.58 bits per heavy atom. The Morgan fingerprint density at radius 2 is 1.92 bits per heavy atom. The van der Waals surface area contributed by atoms with Crippen molar-refractivity contribution in [2.45, 2.75) is 6.54 Å². The molecular formula is C16H15ClFN3O2S. The van der Waals surface area contributed by atoms with Gasteiger partial charge in [-0.1, -0.05) is 23.7 Å². The third kappa shape index (κ3) is 5.07. The third-order valence-corrected chi connectivity index (χ3v) is 3.56. The second-order valence-electron chi connectivity index (χ2n) is 4.73. The summed E-state index contributed by atoms with van der Waals surface area (Å²) < 4.78 is 18.6. The molecule has 2 rings (SSSR count). The predicted octanol–water partition coefficient (Wildman–Crippen LogP) is 2.80. The van der Waals surface area contributed by atoms with E-state index < -0.39 is 11.7 Å². The largest absolute Gasteiger partial charge is 0.497 e. The Hall–Kier alpha value is -2.38. The molecule has 0 aliphatic rings. The highest BCUT2D eigenvalue weighted by atomic mass is 35.5. The molecular weight excluding hydrogens is 353 g/mol. The molecule has 0 radical (unpaired) electrons. The highest BCUT2D eigenvalue weighted by Gasteiger charge is 2.12. The van der Waals surface area contributed by atoms with Crippen LogP contribution < -0.4 is 20.9 Å². The molecule has 0 aliphatic carbocycles. The van der Waals surface area contributed by atoms with E-state index in [1.807, 2.05) is 24.3 Å². The minimum Gasteiger partial charge on any atom is -0.497 e. The minimum atomic E-state index is -0.677. The lowest BCUT2D eigenvalue weighted by Gasteiger charge is -2.12. The Morgan fingerprint density at radius 1 is 1.21 bits per heavy atom. The van der Waals surface area contributed by atoms with Crippen molar-refractivity contribution in [3.8, 4) is 5.75 Å². The van der Waals surface area contributed by atoms with Gasteiger partial charge in [0.25, 0.3) is 5.91 Å². The van der Waals surface area contributed by atoms with Gasteiger partial charge in [0.15, 0.2) is 5.11 Å². The van der Waals surface area contributed by atoms with Crippen molar-refractivity contribution >= 4 is 34.8 Å². The van der Waals surface area contributed by atoms with Gasteiger partial charge in [0.2, 0.25) is 0 Å². The van der Waals surface area contributed by atoms with Crippen LogP contribution in [-0.4, -0.2) is 18.1 Å². The minimum absolute atomic E-state index is 0.173. The zero-order valence-electron chi connectivity index (χ0n) is 12.7. The number of thiocarbonyl (C=S) groups is 1. The zero-order valence-corrected chi connectivity index (χ0v) is 14.3. The predicted molar refractivity (Wildman–Crippen MR) is 94.4 cm³/mol. The van der Waals surface area contributed by atoms with E-state index >= 15 is 0 Å². The molecule has 5 nitrogen and oxygen atoms in total. The van der Waals surface area contributed by atoms with E-state index in [0.717, 1.165) is 17.4 Å². The van der Waals surface area contributed by atoms with Gasteiger partial charge in [-0.05, 0) is 48.1 Å². The van der Waals surface area contributed by atoms with Crippen molar-refractivity contribution in [2.75, 3.05) is 7.11 Å². The molecule has 0 saturated heterocycles. The number of hydrogen-bond acceptors (Lipinski definition) is 3. The molecule has 24 heavy (non-hydrogen) atoms. The van der Waals surface area contributed by atoms with Crippen molar-refractivity contribution in [3.05, 3.63) is 64.4 Å². The summed E-state index contributed by atoms with van der Waals surface area (Å²) >= 11 is 10.8. The van der Waals surface area contributed by atoms with E-state index in [4.69, 9.17) is 28.6 Å². The van der Waals surface area contributed by atoms with Gasteiger partial charge in [-0.15, -0.1) is 0 Å². The summed E-state index contributed by atoms with van der Waals surface area (Å²) in [7, 11) is 1.59. The van der Waals surface area contributed by atoms with Crippen LogP contribution >= 0.6 is 23.8 Å². The van der Waals surface area contributed by atoms with E-state index in [1.165, 1.54) is 12.1 Å². The first-order valence-electron chi connectivity index (χ1n) is 6.92. The summed E-state index contributed by atoms with van der Waals surface area (Å²) in [5.74, 6) is -0.588. The van der Waals surface area contributed by atoms with Crippen LogP contribution in [0.25, 0.3) is 0 Å². The molecule has 8 heteroatoms. The number of rotatable bonds is 4.